The topological polar surface area (TPSA) is 38.4 Å². The molecule has 11 heavy (non-hydrogen) atoms. The Morgan fingerprint density at radius 2 is 2.09 bits per heavy atom. The predicted molar refractivity (Wildman–Crippen MR) is 54.0 cm³/mol. The molecular weight excluding hydrogens is 156 g/mol. The maximum atomic E-state index is 5.62. The van der Waals surface area contributed by atoms with Crippen molar-refractivity contribution in [3.8, 4) is 0 Å². The molecule has 0 saturated carbocycles. The van der Waals surface area contributed by atoms with Crippen molar-refractivity contribution in [1.82, 2.24) is 0 Å². The standard InChI is InChI=1S/C8H16N2S/c1-5-7(4)11-8(9)10-6(2)3/h5-7H,1H2,2-4H3,(H2,9,10). The lowest BCUT2D eigenvalue weighted by molar-refractivity contribution is 0.838. The lowest BCUT2D eigenvalue weighted by Gasteiger charge is -2.05. The Morgan fingerprint density at radius 1 is 1.55 bits per heavy atom. The van der Waals surface area contributed by atoms with E-state index in [1.54, 1.807) is 0 Å². The molecule has 0 bridgehead atoms. The van der Waals surface area contributed by atoms with E-state index < -0.39 is 0 Å². The zero-order valence-electron chi connectivity index (χ0n) is 7.37. The molecule has 2 N–H and O–H groups in total. The third-order valence-corrected chi connectivity index (χ3v) is 1.94. The molecule has 3 heteroatoms. The molecule has 0 amide bonds. The van der Waals surface area contributed by atoms with Crippen molar-refractivity contribution in [2.75, 3.05) is 0 Å². The van der Waals surface area contributed by atoms with Gasteiger partial charge in [-0.05, 0) is 20.8 Å². The SMILES string of the molecule is C=CC(C)SC(N)=NC(C)C. The number of amidine groups is 1. The van der Waals surface area contributed by atoms with Crippen LogP contribution in [0.3, 0.4) is 0 Å². The molecule has 0 aromatic carbocycles. The van der Waals surface area contributed by atoms with Crippen LogP contribution >= 0.6 is 11.8 Å². The monoisotopic (exact) mass is 172 g/mol. The van der Waals surface area contributed by atoms with Crippen LogP contribution in [0, 0.1) is 0 Å². The van der Waals surface area contributed by atoms with Crippen molar-refractivity contribution in [1.29, 1.82) is 0 Å². The number of nitrogens with zero attached hydrogens (tertiary/aromatic N) is 1. The molecule has 0 aromatic heterocycles. The van der Waals surface area contributed by atoms with E-state index in [9.17, 15) is 0 Å². The van der Waals surface area contributed by atoms with Crippen LogP contribution in [0.15, 0.2) is 17.6 Å². The second-order valence-electron chi connectivity index (χ2n) is 2.62. The van der Waals surface area contributed by atoms with E-state index >= 15 is 0 Å². The summed E-state index contributed by atoms with van der Waals surface area (Å²) >= 11 is 1.54. The molecule has 0 spiro atoms. The van der Waals surface area contributed by atoms with Crippen LogP contribution in [0.1, 0.15) is 20.8 Å². The minimum Gasteiger partial charge on any atom is -0.379 e. The van der Waals surface area contributed by atoms with Gasteiger partial charge in [-0.25, -0.2) is 0 Å². The number of hydrogen-bond donors (Lipinski definition) is 1. The molecule has 0 aliphatic rings. The largest absolute Gasteiger partial charge is 0.379 e. The van der Waals surface area contributed by atoms with Crippen LogP contribution in [0.4, 0.5) is 0 Å². The molecule has 0 heterocycles. The first kappa shape index (κ1) is 10.6. The molecule has 1 unspecified atom stereocenters. The van der Waals surface area contributed by atoms with Gasteiger partial charge in [0.15, 0.2) is 5.17 Å². The summed E-state index contributed by atoms with van der Waals surface area (Å²) in [4.78, 5) is 4.17. The van der Waals surface area contributed by atoms with E-state index in [1.165, 1.54) is 11.8 Å². The van der Waals surface area contributed by atoms with Crippen molar-refractivity contribution >= 4 is 16.9 Å². The number of hydrogen-bond acceptors (Lipinski definition) is 2. The highest BCUT2D eigenvalue weighted by atomic mass is 32.2. The highest BCUT2D eigenvalue weighted by Crippen LogP contribution is 2.10. The molecule has 0 aliphatic heterocycles. The maximum Gasteiger partial charge on any atom is 0.154 e. The molecule has 0 aliphatic carbocycles. The molecule has 64 valence electrons. The lowest BCUT2D eigenvalue weighted by Crippen LogP contribution is -2.12. The van der Waals surface area contributed by atoms with E-state index in [2.05, 4.69) is 11.6 Å². The molecule has 0 saturated heterocycles. The number of nitrogens with two attached hydrogens (primary N) is 1. The summed E-state index contributed by atoms with van der Waals surface area (Å²) in [6, 6.07) is 0.277. The second kappa shape index (κ2) is 5.24. The van der Waals surface area contributed by atoms with Gasteiger partial charge < -0.3 is 5.73 Å². The van der Waals surface area contributed by atoms with Crippen molar-refractivity contribution < 1.29 is 0 Å². The van der Waals surface area contributed by atoms with Crippen molar-refractivity contribution in [2.24, 2.45) is 10.7 Å². The normalized spacial score (nSPS) is 15.1. The van der Waals surface area contributed by atoms with Gasteiger partial charge in [0.1, 0.15) is 0 Å². The fraction of sp³-hybridized carbons (Fsp3) is 0.625. The van der Waals surface area contributed by atoms with Gasteiger partial charge in [-0.3, -0.25) is 4.99 Å². The van der Waals surface area contributed by atoms with Gasteiger partial charge in [-0.15, -0.1) is 6.58 Å². The predicted octanol–water partition coefficient (Wildman–Crippen LogP) is 2.02. The van der Waals surface area contributed by atoms with Crippen LogP contribution in [0.5, 0.6) is 0 Å². The highest BCUT2D eigenvalue weighted by molar-refractivity contribution is 8.14. The van der Waals surface area contributed by atoms with Crippen LogP contribution in [0.25, 0.3) is 0 Å². The van der Waals surface area contributed by atoms with Crippen molar-refractivity contribution in [2.45, 2.75) is 32.1 Å². The van der Waals surface area contributed by atoms with E-state index in [4.69, 9.17) is 5.73 Å². The van der Waals surface area contributed by atoms with Gasteiger partial charge in [0.25, 0.3) is 0 Å². The maximum absolute atomic E-state index is 5.62. The number of aliphatic imine (C=N–C) groups is 1. The average Bonchev–Trinajstić information content (AvgIpc) is 1.85. The minimum atomic E-state index is 0.277. The molecule has 0 rings (SSSR count). The third-order valence-electron chi connectivity index (χ3n) is 1.02. The number of rotatable bonds is 3. The molecule has 2 nitrogen and oxygen atoms in total. The van der Waals surface area contributed by atoms with Gasteiger partial charge in [0, 0.05) is 11.3 Å². The molecule has 0 fully saturated rings. The zero-order valence-corrected chi connectivity index (χ0v) is 8.19. The number of thioether (sulfide) groups is 1. The third kappa shape index (κ3) is 5.98. The van der Waals surface area contributed by atoms with Crippen molar-refractivity contribution in [3.63, 3.8) is 0 Å². The van der Waals surface area contributed by atoms with E-state index in [1.807, 2.05) is 26.8 Å². The van der Waals surface area contributed by atoms with E-state index in [0.717, 1.165) is 0 Å². The Labute approximate surface area is 73.0 Å². The molecule has 1 atom stereocenters. The molecular formula is C8H16N2S. The molecule has 0 radical (unpaired) electrons. The fourth-order valence-electron chi connectivity index (χ4n) is 0.523. The first-order chi connectivity index (χ1) is 5.06. The highest BCUT2D eigenvalue weighted by Gasteiger charge is 2.00. The first-order valence-corrected chi connectivity index (χ1v) is 4.56. The Hall–Kier alpha value is -0.440. The van der Waals surface area contributed by atoms with Crippen LogP contribution < -0.4 is 5.73 Å². The summed E-state index contributed by atoms with van der Waals surface area (Å²) in [6.45, 7) is 9.72. The Morgan fingerprint density at radius 3 is 2.45 bits per heavy atom. The summed E-state index contributed by atoms with van der Waals surface area (Å²) < 4.78 is 0. The van der Waals surface area contributed by atoms with Crippen LogP contribution in [-0.2, 0) is 0 Å². The smallest absolute Gasteiger partial charge is 0.154 e. The van der Waals surface area contributed by atoms with Crippen molar-refractivity contribution in [3.05, 3.63) is 12.7 Å². The summed E-state index contributed by atoms with van der Waals surface area (Å²) in [5.74, 6) is 0. The quantitative estimate of drug-likeness (QED) is 0.402. The zero-order chi connectivity index (χ0) is 8.85. The summed E-state index contributed by atoms with van der Waals surface area (Å²) in [5.41, 5.74) is 5.62. The van der Waals surface area contributed by atoms with Gasteiger partial charge in [-0.2, -0.15) is 0 Å². The van der Waals surface area contributed by atoms with Crippen LogP contribution in [-0.4, -0.2) is 16.5 Å². The second-order valence-corrected chi connectivity index (χ2v) is 4.02. The Balaban J connectivity index is 3.85. The van der Waals surface area contributed by atoms with E-state index in [0.29, 0.717) is 10.4 Å². The Kier molecular flexibility index (Phi) is 5.03. The average molecular weight is 172 g/mol. The van der Waals surface area contributed by atoms with Gasteiger partial charge in [0.05, 0.1) is 0 Å². The Bertz CT molecular complexity index is 152. The van der Waals surface area contributed by atoms with Gasteiger partial charge in [-0.1, -0.05) is 17.8 Å². The van der Waals surface area contributed by atoms with Crippen LogP contribution in [0.2, 0.25) is 0 Å². The fourth-order valence-corrected chi connectivity index (χ4v) is 1.27. The lowest BCUT2D eigenvalue weighted by atomic mass is 10.4. The molecule has 0 aromatic rings. The van der Waals surface area contributed by atoms with Gasteiger partial charge in [0.2, 0.25) is 0 Å². The summed E-state index contributed by atoms with van der Waals surface area (Å²) in [6.07, 6.45) is 1.85. The summed E-state index contributed by atoms with van der Waals surface area (Å²) in [7, 11) is 0. The van der Waals surface area contributed by atoms with E-state index in [-0.39, 0.29) is 6.04 Å². The first-order valence-electron chi connectivity index (χ1n) is 3.68. The van der Waals surface area contributed by atoms with Gasteiger partial charge >= 0.3 is 0 Å². The minimum absolute atomic E-state index is 0.277. The summed E-state index contributed by atoms with van der Waals surface area (Å²) in [5, 5.41) is 0.991.